The minimum atomic E-state index is -0.155. The fraction of sp³-hybridized carbons (Fsp3) is 0.333. The molecule has 0 aliphatic carbocycles. The van der Waals surface area contributed by atoms with Crippen LogP contribution in [0.1, 0.15) is 5.82 Å². The summed E-state index contributed by atoms with van der Waals surface area (Å²) in [5, 5.41) is 12.2. The van der Waals surface area contributed by atoms with Crippen LogP contribution in [0.4, 0.5) is 0 Å². The van der Waals surface area contributed by atoms with E-state index in [2.05, 4.69) is 21.9 Å². The van der Waals surface area contributed by atoms with Crippen molar-refractivity contribution in [2.75, 3.05) is 6.61 Å². The van der Waals surface area contributed by atoms with Crippen molar-refractivity contribution in [1.82, 2.24) is 14.8 Å². The van der Waals surface area contributed by atoms with Gasteiger partial charge in [-0.15, -0.1) is 5.10 Å². The summed E-state index contributed by atoms with van der Waals surface area (Å²) in [5.41, 5.74) is 0. The Morgan fingerprint density at radius 3 is 3.10 bits per heavy atom. The molecular weight excluding hydrogens is 130 g/mol. The maximum atomic E-state index is 8.30. The summed E-state index contributed by atoms with van der Waals surface area (Å²) in [6.45, 7) is -0.155. The molecule has 0 bridgehead atoms. The first-order valence-electron chi connectivity index (χ1n) is 2.78. The Bertz CT molecular complexity index is 268. The van der Waals surface area contributed by atoms with Crippen LogP contribution < -0.4 is 0 Å². The zero-order valence-electron chi connectivity index (χ0n) is 5.57. The van der Waals surface area contributed by atoms with Crippen LogP contribution in [-0.4, -0.2) is 26.5 Å². The van der Waals surface area contributed by atoms with Gasteiger partial charge < -0.3 is 5.11 Å². The number of aliphatic hydroxyl groups is 1. The molecule has 0 fully saturated rings. The van der Waals surface area contributed by atoms with Crippen molar-refractivity contribution in [2.45, 2.75) is 0 Å². The van der Waals surface area contributed by atoms with Crippen LogP contribution in [0.15, 0.2) is 6.33 Å². The lowest BCUT2D eigenvalue weighted by molar-refractivity contribution is 0.350. The highest BCUT2D eigenvalue weighted by atomic mass is 16.2. The predicted octanol–water partition coefficient (Wildman–Crippen LogP) is -0.841. The number of aromatic nitrogens is 3. The molecule has 1 heterocycles. The van der Waals surface area contributed by atoms with Gasteiger partial charge >= 0.3 is 0 Å². The molecule has 0 aliphatic rings. The molecule has 0 atom stereocenters. The normalized spacial score (nSPS) is 8.60. The molecule has 0 saturated heterocycles. The lowest BCUT2D eigenvalue weighted by atomic mass is 10.6. The van der Waals surface area contributed by atoms with E-state index >= 15 is 0 Å². The second-order valence-electron chi connectivity index (χ2n) is 1.70. The van der Waals surface area contributed by atoms with E-state index in [1.807, 2.05) is 0 Å². The molecule has 52 valence electrons. The minimum absolute atomic E-state index is 0.155. The average molecular weight is 137 g/mol. The van der Waals surface area contributed by atoms with Gasteiger partial charge in [-0.3, -0.25) is 4.68 Å². The molecule has 0 spiro atoms. The smallest absolute Gasteiger partial charge is 0.225 e. The zero-order chi connectivity index (χ0) is 7.40. The fourth-order valence-electron chi connectivity index (χ4n) is 0.515. The van der Waals surface area contributed by atoms with E-state index < -0.39 is 0 Å². The Labute approximate surface area is 58.5 Å². The van der Waals surface area contributed by atoms with Gasteiger partial charge in [-0.2, -0.15) is 0 Å². The average Bonchev–Trinajstić information content (AvgIpc) is 2.31. The van der Waals surface area contributed by atoms with Gasteiger partial charge in [0.15, 0.2) is 0 Å². The third-order valence-electron chi connectivity index (χ3n) is 0.879. The van der Waals surface area contributed by atoms with E-state index in [4.69, 9.17) is 5.11 Å². The summed E-state index contributed by atoms with van der Waals surface area (Å²) >= 11 is 0. The van der Waals surface area contributed by atoms with E-state index in [0.717, 1.165) is 0 Å². The van der Waals surface area contributed by atoms with Crippen molar-refractivity contribution in [3.63, 3.8) is 0 Å². The highest BCUT2D eigenvalue weighted by Gasteiger charge is 1.89. The van der Waals surface area contributed by atoms with Crippen LogP contribution in [0.2, 0.25) is 0 Å². The molecule has 0 amide bonds. The molecule has 0 aliphatic heterocycles. The number of nitrogens with zero attached hydrogens (tertiary/aromatic N) is 3. The fourth-order valence-corrected chi connectivity index (χ4v) is 0.515. The highest BCUT2D eigenvalue weighted by molar-refractivity contribution is 5.18. The predicted molar refractivity (Wildman–Crippen MR) is 35.0 cm³/mol. The second kappa shape index (κ2) is 2.99. The van der Waals surface area contributed by atoms with Crippen molar-refractivity contribution in [2.24, 2.45) is 7.05 Å². The van der Waals surface area contributed by atoms with Crippen LogP contribution in [0.25, 0.3) is 0 Å². The van der Waals surface area contributed by atoms with E-state index in [0.29, 0.717) is 5.82 Å². The van der Waals surface area contributed by atoms with Crippen LogP contribution >= 0.6 is 0 Å². The van der Waals surface area contributed by atoms with E-state index in [-0.39, 0.29) is 6.61 Å². The summed E-state index contributed by atoms with van der Waals surface area (Å²) in [7, 11) is 1.76. The molecule has 1 aromatic rings. The van der Waals surface area contributed by atoms with Gasteiger partial charge in [-0.05, 0) is 5.92 Å². The summed E-state index contributed by atoms with van der Waals surface area (Å²) in [5.74, 6) is 5.46. The SMILES string of the molecule is Cn1cnc(C#CCO)n1. The second-order valence-corrected chi connectivity index (χ2v) is 1.70. The molecule has 0 unspecified atom stereocenters. The quantitative estimate of drug-likeness (QED) is 0.474. The van der Waals surface area contributed by atoms with Gasteiger partial charge in [0.05, 0.1) is 0 Å². The Kier molecular flexibility index (Phi) is 2.03. The largest absolute Gasteiger partial charge is 0.384 e. The maximum Gasteiger partial charge on any atom is 0.225 e. The van der Waals surface area contributed by atoms with Crippen molar-refractivity contribution in [3.05, 3.63) is 12.2 Å². The molecule has 1 N–H and O–H groups in total. The van der Waals surface area contributed by atoms with E-state index in [1.54, 1.807) is 18.1 Å². The summed E-state index contributed by atoms with van der Waals surface area (Å²) in [6, 6.07) is 0. The molecule has 0 radical (unpaired) electrons. The first kappa shape index (κ1) is 6.78. The first-order valence-corrected chi connectivity index (χ1v) is 2.78. The van der Waals surface area contributed by atoms with Gasteiger partial charge in [0.2, 0.25) is 5.82 Å². The van der Waals surface area contributed by atoms with Crippen LogP contribution in [0, 0.1) is 11.8 Å². The molecular formula is C6H7N3O. The minimum Gasteiger partial charge on any atom is -0.384 e. The van der Waals surface area contributed by atoms with Crippen molar-refractivity contribution >= 4 is 0 Å². The number of hydrogen-bond acceptors (Lipinski definition) is 3. The topological polar surface area (TPSA) is 50.9 Å². The maximum absolute atomic E-state index is 8.30. The molecule has 10 heavy (non-hydrogen) atoms. The van der Waals surface area contributed by atoms with Gasteiger partial charge in [0.25, 0.3) is 0 Å². The molecule has 4 heteroatoms. The Balaban J connectivity index is 2.76. The monoisotopic (exact) mass is 137 g/mol. The number of rotatable bonds is 0. The van der Waals surface area contributed by atoms with Gasteiger partial charge in [-0.1, -0.05) is 5.92 Å². The zero-order valence-corrected chi connectivity index (χ0v) is 5.57. The summed E-state index contributed by atoms with van der Waals surface area (Å²) in [4.78, 5) is 3.82. The van der Waals surface area contributed by atoms with Crippen LogP contribution in [0.5, 0.6) is 0 Å². The van der Waals surface area contributed by atoms with Crippen LogP contribution in [-0.2, 0) is 7.05 Å². The molecule has 1 aromatic heterocycles. The molecule has 0 aromatic carbocycles. The van der Waals surface area contributed by atoms with Gasteiger partial charge in [-0.25, -0.2) is 4.98 Å². The third-order valence-corrected chi connectivity index (χ3v) is 0.879. The summed E-state index contributed by atoms with van der Waals surface area (Å²) in [6.07, 6.45) is 1.56. The third kappa shape index (κ3) is 1.57. The van der Waals surface area contributed by atoms with E-state index in [1.165, 1.54) is 0 Å². The lowest BCUT2D eigenvalue weighted by Gasteiger charge is -1.77. The summed E-state index contributed by atoms with van der Waals surface area (Å²) < 4.78 is 1.56. The molecule has 0 saturated carbocycles. The van der Waals surface area contributed by atoms with Gasteiger partial charge in [0, 0.05) is 7.05 Å². The Hall–Kier alpha value is -1.34. The first-order chi connectivity index (χ1) is 4.83. The van der Waals surface area contributed by atoms with Gasteiger partial charge in [0.1, 0.15) is 12.9 Å². The number of hydrogen-bond donors (Lipinski definition) is 1. The molecule has 4 nitrogen and oxygen atoms in total. The lowest BCUT2D eigenvalue weighted by Crippen LogP contribution is -1.87. The Morgan fingerprint density at radius 2 is 2.60 bits per heavy atom. The van der Waals surface area contributed by atoms with Crippen molar-refractivity contribution in [3.8, 4) is 11.8 Å². The van der Waals surface area contributed by atoms with Crippen molar-refractivity contribution < 1.29 is 5.11 Å². The molecule has 1 rings (SSSR count). The van der Waals surface area contributed by atoms with E-state index in [9.17, 15) is 0 Å². The Morgan fingerprint density at radius 1 is 1.80 bits per heavy atom. The van der Waals surface area contributed by atoms with Crippen LogP contribution in [0.3, 0.4) is 0 Å². The number of aryl methyl sites for hydroxylation is 1. The highest BCUT2D eigenvalue weighted by Crippen LogP contribution is 1.81. The standard InChI is InChI=1S/C6H7N3O/c1-9-5-7-6(8-9)3-2-4-10/h5,10H,4H2,1H3. The van der Waals surface area contributed by atoms with Crippen molar-refractivity contribution in [1.29, 1.82) is 0 Å². The number of aliphatic hydroxyl groups excluding tert-OH is 1.